The van der Waals surface area contributed by atoms with Crippen LogP contribution in [0.2, 0.25) is 0 Å². The molecule has 0 bridgehead atoms. The number of ether oxygens (including phenoxy) is 1. The van der Waals surface area contributed by atoms with E-state index in [9.17, 15) is 9.59 Å². The first kappa shape index (κ1) is 15.2. The van der Waals surface area contributed by atoms with Gasteiger partial charge in [0.15, 0.2) is 0 Å². The molecule has 1 aromatic carbocycles. The predicted molar refractivity (Wildman–Crippen MR) is 77.2 cm³/mol. The van der Waals surface area contributed by atoms with Crippen molar-refractivity contribution in [2.24, 2.45) is 5.92 Å². The highest BCUT2D eigenvalue weighted by molar-refractivity contribution is 5.77. The molecule has 0 saturated carbocycles. The monoisotopic (exact) mass is 292 g/mol. The molecule has 21 heavy (non-hydrogen) atoms. The molecule has 1 aromatic rings. The number of rotatable bonds is 5. The van der Waals surface area contributed by atoms with E-state index in [-0.39, 0.29) is 12.6 Å². The first-order valence-electron chi connectivity index (χ1n) is 7.07. The largest absolute Gasteiger partial charge is 0.494 e. The molecule has 1 atom stereocenters. The molecule has 1 saturated heterocycles. The van der Waals surface area contributed by atoms with Gasteiger partial charge in [-0.15, -0.1) is 0 Å². The molecule has 1 aliphatic rings. The molecule has 6 heteroatoms. The second-order valence-corrected chi connectivity index (χ2v) is 5.01. The van der Waals surface area contributed by atoms with Crippen LogP contribution in [0.4, 0.5) is 4.79 Å². The Morgan fingerprint density at radius 1 is 1.48 bits per heavy atom. The maximum absolute atomic E-state index is 12.0. The molecular formula is C15H20N2O4. The molecular weight excluding hydrogens is 272 g/mol. The average Bonchev–Trinajstić information content (AvgIpc) is 2.96. The van der Waals surface area contributed by atoms with E-state index in [1.165, 1.54) is 0 Å². The molecule has 6 nitrogen and oxygen atoms in total. The summed E-state index contributed by atoms with van der Waals surface area (Å²) in [6.45, 7) is 3.68. The highest BCUT2D eigenvalue weighted by atomic mass is 16.5. The summed E-state index contributed by atoms with van der Waals surface area (Å²) in [7, 11) is 0. The molecule has 0 radical (unpaired) electrons. The SMILES string of the molecule is CCOc1cccc(CNC(=O)N2CCC(C(=O)O)C2)c1. The first-order chi connectivity index (χ1) is 10.1. The lowest BCUT2D eigenvalue weighted by Gasteiger charge is -2.17. The molecule has 0 spiro atoms. The lowest BCUT2D eigenvalue weighted by atomic mass is 10.1. The van der Waals surface area contributed by atoms with E-state index in [4.69, 9.17) is 9.84 Å². The summed E-state index contributed by atoms with van der Waals surface area (Å²) in [4.78, 5) is 24.4. The minimum Gasteiger partial charge on any atom is -0.494 e. The number of benzene rings is 1. The van der Waals surface area contributed by atoms with Crippen LogP contribution in [-0.4, -0.2) is 41.7 Å². The van der Waals surface area contributed by atoms with Gasteiger partial charge in [-0.2, -0.15) is 0 Å². The quantitative estimate of drug-likeness (QED) is 0.866. The number of nitrogens with one attached hydrogen (secondary N) is 1. The zero-order chi connectivity index (χ0) is 15.2. The van der Waals surface area contributed by atoms with E-state index in [0.29, 0.717) is 26.1 Å². The van der Waals surface area contributed by atoms with E-state index in [1.54, 1.807) is 4.90 Å². The third-order valence-corrected chi connectivity index (χ3v) is 3.48. The minimum atomic E-state index is -0.838. The van der Waals surface area contributed by atoms with Crippen LogP contribution < -0.4 is 10.1 Å². The summed E-state index contributed by atoms with van der Waals surface area (Å²) >= 11 is 0. The lowest BCUT2D eigenvalue weighted by molar-refractivity contribution is -0.141. The number of carboxylic acid groups (broad SMARTS) is 1. The smallest absolute Gasteiger partial charge is 0.317 e. The number of carbonyl (C=O) groups is 2. The van der Waals surface area contributed by atoms with Crippen molar-refractivity contribution in [1.82, 2.24) is 10.2 Å². The molecule has 1 unspecified atom stereocenters. The van der Waals surface area contributed by atoms with Gasteiger partial charge in [0.05, 0.1) is 12.5 Å². The maximum atomic E-state index is 12.0. The lowest BCUT2D eigenvalue weighted by Crippen LogP contribution is -2.38. The van der Waals surface area contributed by atoms with Crippen LogP contribution in [0.25, 0.3) is 0 Å². The third kappa shape index (κ3) is 4.11. The molecule has 2 amide bonds. The van der Waals surface area contributed by atoms with E-state index >= 15 is 0 Å². The molecule has 0 aliphatic carbocycles. The first-order valence-corrected chi connectivity index (χ1v) is 7.07. The number of carboxylic acids is 1. The van der Waals surface area contributed by atoms with Gasteiger partial charge in [0.25, 0.3) is 0 Å². The fraction of sp³-hybridized carbons (Fsp3) is 0.467. The molecule has 1 heterocycles. The average molecular weight is 292 g/mol. The standard InChI is InChI=1S/C15H20N2O4/c1-2-21-13-5-3-4-11(8-13)9-16-15(20)17-7-6-12(10-17)14(18)19/h3-5,8,12H,2,6-7,9-10H2,1H3,(H,16,20)(H,18,19). The Labute approximate surface area is 123 Å². The van der Waals surface area contributed by atoms with Crippen molar-refractivity contribution in [2.45, 2.75) is 19.9 Å². The van der Waals surface area contributed by atoms with Gasteiger partial charge in [-0.25, -0.2) is 4.79 Å². The summed E-state index contributed by atoms with van der Waals surface area (Å²) in [6.07, 6.45) is 0.516. The Morgan fingerprint density at radius 2 is 2.29 bits per heavy atom. The minimum absolute atomic E-state index is 0.222. The molecule has 1 aliphatic heterocycles. The van der Waals surface area contributed by atoms with Crippen LogP contribution in [0.1, 0.15) is 18.9 Å². The third-order valence-electron chi connectivity index (χ3n) is 3.48. The highest BCUT2D eigenvalue weighted by Gasteiger charge is 2.30. The van der Waals surface area contributed by atoms with Crippen LogP contribution in [0.15, 0.2) is 24.3 Å². The van der Waals surface area contributed by atoms with Gasteiger partial charge in [-0.1, -0.05) is 12.1 Å². The fourth-order valence-corrected chi connectivity index (χ4v) is 2.35. The normalized spacial score (nSPS) is 17.6. The van der Waals surface area contributed by atoms with E-state index in [1.807, 2.05) is 31.2 Å². The van der Waals surface area contributed by atoms with Crippen LogP contribution >= 0.6 is 0 Å². The maximum Gasteiger partial charge on any atom is 0.317 e. The van der Waals surface area contributed by atoms with Crippen molar-refractivity contribution in [1.29, 1.82) is 0 Å². The van der Waals surface area contributed by atoms with Crippen molar-refractivity contribution >= 4 is 12.0 Å². The zero-order valence-electron chi connectivity index (χ0n) is 12.0. The van der Waals surface area contributed by atoms with Crippen molar-refractivity contribution in [3.8, 4) is 5.75 Å². The van der Waals surface area contributed by atoms with Crippen molar-refractivity contribution < 1.29 is 19.4 Å². The Kier molecular flexibility index (Phi) is 5.03. The molecule has 0 aromatic heterocycles. The number of hydrogen-bond donors (Lipinski definition) is 2. The second-order valence-electron chi connectivity index (χ2n) is 5.01. The highest BCUT2D eigenvalue weighted by Crippen LogP contribution is 2.17. The summed E-state index contributed by atoms with van der Waals surface area (Å²) in [5, 5.41) is 11.7. The van der Waals surface area contributed by atoms with Gasteiger partial charge < -0.3 is 20.1 Å². The molecule has 1 fully saturated rings. The fourth-order valence-electron chi connectivity index (χ4n) is 2.35. The van der Waals surface area contributed by atoms with Crippen molar-refractivity contribution in [3.63, 3.8) is 0 Å². The molecule has 2 N–H and O–H groups in total. The number of nitrogens with zero attached hydrogens (tertiary/aromatic N) is 1. The number of urea groups is 1. The molecule has 2 rings (SSSR count). The van der Waals surface area contributed by atoms with Gasteiger partial charge in [-0.3, -0.25) is 4.79 Å². The number of aliphatic carboxylic acids is 1. The van der Waals surface area contributed by atoms with Crippen molar-refractivity contribution in [3.05, 3.63) is 29.8 Å². The summed E-state index contributed by atoms with van der Waals surface area (Å²) in [5.41, 5.74) is 0.947. The van der Waals surface area contributed by atoms with Crippen LogP contribution in [-0.2, 0) is 11.3 Å². The van der Waals surface area contributed by atoms with Gasteiger partial charge in [-0.05, 0) is 31.0 Å². The van der Waals surface area contributed by atoms with E-state index in [2.05, 4.69) is 5.32 Å². The summed E-state index contributed by atoms with van der Waals surface area (Å²) in [6, 6.07) is 7.32. The predicted octanol–water partition coefficient (Wildman–Crippen LogP) is 1.70. The zero-order valence-corrected chi connectivity index (χ0v) is 12.0. The van der Waals surface area contributed by atoms with Crippen molar-refractivity contribution in [2.75, 3.05) is 19.7 Å². The van der Waals surface area contributed by atoms with E-state index < -0.39 is 11.9 Å². The van der Waals surface area contributed by atoms with Gasteiger partial charge in [0, 0.05) is 19.6 Å². The second kappa shape index (κ2) is 6.97. The Morgan fingerprint density at radius 3 is 2.95 bits per heavy atom. The Hall–Kier alpha value is -2.24. The number of likely N-dealkylation sites (tertiary alicyclic amines) is 1. The number of amides is 2. The Bertz CT molecular complexity index is 518. The van der Waals surface area contributed by atoms with Gasteiger partial charge >= 0.3 is 12.0 Å². The summed E-state index contributed by atoms with van der Waals surface area (Å²) < 4.78 is 5.41. The number of carbonyl (C=O) groups excluding carboxylic acids is 1. The van der Waals surface area contributed by atoms with Gasteiger partial charge in [0.1, 0.15) is 5.75 Å². The Balaban J connectivity index is 1.84. The number of hydrogen-bond acceptors (Lipinski definition) is 3. The summed E-state index contributed by atoms with van der Waals surface area (Å²) in [5.74, 6) is -0.511. The topological polar surface area (TPSA) is 78.9 Å². The molecule has 114 valence electrons. The van der Waals surface area contributed by atoms with E-state index in [0.717, 1.165) is 11.3 Å². The van der Waals surface area contributed by atoms with Crippen LogP contribution in [0.5, 0.6) is 5.75 Å². The van der Waals surface area contributed by atoms with Crippen LogP contribution in [0.3, 0.4) is 0 Å². The van der Waals surface area contributed by atoms with Gasteiger partial charge in [0.2, 0.25) is 0 Å². The van der Waals surface area contributed by atoms with Crippen LogP contribution in [0, 0.1) is 5.92 Å².